The zero-order chi connectivity index (χ0) is 39.9. The molecule has 304 valence electrons. The minimum Gasteiger partial charge on any atom is -0.481 e. The quantitative estimate of drug-likeness (QED) is 0.0628. The van der Waals surface area contributed by atoms with Crippen LogP contribution in [0.3, 0.4) is 0 Å². The first-order valence-electron chi connectivity index (χ1n) is 13.6. The van der Waals surface area contributed by atoms with E-state index in [2.05, 4.69) is 131 Å². The Balaban J connectivity index is 0.000000369. The summed E-state index contributed by atoms with van der Waals surface area (Å²) in [4.78, 5) is 29.1. The molecule has 0 saturated carbocycles. The van der Waals surface area contributed by atoms with Crippen LogP contribution in [0, 0.1) is 20.2 Å². The van der Waals surface area contributed by atoms with Gasteiger partial charge in [0.15, 0.2) is 0 Å². The van der Waals surface area contributed by atoms with Gasteiger partial charge in [0.25, 0.3) is 5.97 Å². The number of fused-ring (bicyclic) bond motifs is 4. The SMILES string of the molecule is Brc1ccc(Br)c2nsnc12.C.C.CC(=O)O.Nc1c(N)c(Br)c2nsnc2c1Br.O=[N+]([O-])c1c([N+](=O)[O-])c(Br)c2nsnc2c1Br.[Fe].c1ccc2nsnc2c1. The average Bonchev–Trinajstić information content (AvgIpc) is 3.96. The van der Waals surface area contributed by atoms with Crippen LogP contribution in [0.2, 0.25) is 0 Å². The fourth-order valence-electron chi connectivity index (χ4n) is 3.74. The Morgan fingerprint density at radius 3 is 1.14 bits per heavy atom. The van der Waals surface area contributed by atoms with E-state index in [0.29, 0.717) is 20.3 Å². The number of nitro benzene ring substituents is 2. The first-order chi connectivity index (χ1) is 25.6. The number of hydrogen-bond acceptors (Lipinski definition) is 19. The molecule has 57 heavy (non-hydrogen) atoms. The number of rotatable bonds is 2. The average molecular weight is 1290 g/mol. The summed E-state index contributed by atoms with van der Waals surface area (Å²) < 4.78 is 35.6. The van der Waals surface area contributed by atoms with E-state index in [1.54, 1.807) is 0 Å². The second-order valence-electron chi connectivity index (χ2n) is 9.48. The third kappa shape index (κ3) is 12.7. The maximum atomic E-state index is 10.9. The summed E-state index contributed by atoms with van der Waals surface area (Å²) in [5.41, 5.74) is 16.9. The minimum absolute atomic E-state index is 0. The standard InChI is InChI=1S/C6Br2N4O4S.C6H4Br2N4S.C6H2Br2N2S.C6H4N2S.C2H4O2.2CH4.Fe/c7-1-3-4(10-17-9-3)2(8)6(12(15)16)5(1)11(13)14;7-1-3(9)4(10)2(8)6-5(1)11-13-12-6;7-3-1-2-4(8)6-5(3)9-11-10-6;1-2-4-6-5(3-1)7-9-8-6;1-2(3)4;;;/h;9-10H2;1-2H;1-4H;1H3,(H,3,4);2*1H4;. The predicted molar refractivity (Wildman–Crippen MR) is 245 cm³/mol. The minimum atomic E-state index is -0.833. The number of nitro groups is 2. The Kier molecular flexibility index (Phi) is 22.0. The van der Waals surface area contributed by atoms with Crippen LogP contribution in [0.15, 0.2) is 63.2 Å². The monoisotopic (exact) mass is 1280 g/mol. The maximum Gasteiger partial charge on any atom is 0.363 e. The van der Waals surface area contributed by atoms with Gasteiger partial charge in [0.2, 0.25) is 0 Å². The summed E-state index contributed by atoms with van der Waals surface area (Å²) in [5.74, 6) is -0.833. The van der Waals surface area contributed by atoms with Crippen molar-refractivity contribution in [3.05, 3.63) is 83.5 Å². The summed E-state index contributed by atoms with van der Waals surface area (Å²) in [7, 11) is 0. The largest absolute Gasteiger partial charge is 0.481 e. The van der Waals surface area contributed by atoms with Gasteiger partial charge in [-0.3, -0.25) is 25.0 Å². The Morgan fingerprint density at radius 2 is 0.842 bits per heavy atom. The molecule has 4 aromatic heterocycles. The van der Waals surface area contributed by atoms with Crippen LogP contribution in [-0.2, 0) is 21.9 Å². The van der Waals surface area contributed by atoms with Crippen molar-refractivity contribution < 1.29 is 36.8 Å². The number of halogens is 6. The number of aromatic nitrogens is 8. The fourth-order valence-corrected chi connectivity index (χ4v) is 9.68. The first-order valence-corrected chi connectivity index (χ1v) is 21.2. The van der Waals surface area contributed by atoms with E-state index >= 15 is 0 Å². The summed E-state index contributed by atoms with van der Waals surface area (Å²) >= 11 is 23.8. The molecule has 4 aromatic carbocycles. The van der Waals surface area contributed by atoms with Gasteiger partial charge in [-0.2, -0.15) is 35.0 Å². The molecular formula is C28H22Br6FeN12O6S4. The third-order valence-electron chi connectivity index (χ3n) is 6.05. The molecule has 0 spiro atoms. The second-order valence-corrected chi connectivity index (χ2v) is 16.5. The molecule has 0 aliphatic rings. The molecule has 8 rings (SSSR count). The van der Waals surface area contributed by atoms with Gasteiger partial charge in [0.1, 0.15) is 53.1 Å². The Hall–Kier alpha value is -2.57. The smallest absolute Gasteiger partial charge is 0.363 e. The van der Waals surface area contributed by atoms with Crippen molar-refractivity contribution in [2.75, 3.05) is 11.5 Å². The Bertz CT molecular complexity index is 2500. The van der Waals surface area contributed by atoms with E-state index in [4.69, 9.17) is 21.4 Å². The Labute approximate surface area is 399 Å². The van der Waals surface area contributed by atoms with Gasteiger partial charge >= 0.3 is 11.4 Å². The normalized spacial score (nSPS) is 9.81. The summed E-state index contributed by atoms with van der Waals surface area (Å²) in [6.07, 6.45) is 0. The predicted octanol–water partition coefficient (Wildman–Crippen LogP) is 11.7. The molecule has 0 saturated heterocycles. The zero-order valence-corrected chi connectivity index (χ0v) is 40.2. The van der Waals surface area contributed by atoms with Gasteiger partial charge in [0.05, 0.1) is 77.1 Å². The fraction of sp³-hybridized carbons (Fsp3) is 0.107. The molecule has 4 heterocycles. The molecule has 0 amide bonds. The van der Waals surface area contributed by atoms with Crippen LogP contribution in [0.1, 0.15) is 21.8 Å². The van der Waals surface area contributed by atoms with Crippen molar-refractivity contribution in [3.63, 3.8) is 0 Å². The molecular weight excluding hydrogens is 1260 g/mol. The number of hydrogen-bond donors (Lipinski definition) is 3. The topological polar surface area (TPSA) is 279 Å². The maximum absolute atomic E-state index is 10.9. The number of nitrogens with two attached hydrogens (primary N) is 2. The van der Waals surface area contributed by atoms with E-state index in [9.17, 15) is 20.2 Å². The van der Waals surface area contributed by atoms with Crippen LogP contribution in [0.5, 0.6) is 0 Å². The zero-order valence-electron chi connectivity index (χ0n) is 26.3. The van der Waals surface area contributed by atoms with E-state index in [-0.39, 0.29) is 51.9 Å². The van der Waals surface area contributed by atoms with Crippen molar-refractivity contribution in [1.29, 1.82) is 0 Å². The van der Waals surface area contributed by atoms with E-state index < -0.39 is 27.2 Å². The van der Waals surface area contributed by atoms with E-state index in [1.807, 2.05) is 36.4 Å². The molecule has 0 fully saturated rings. The van der Waals surface area contributed by atoms with Gasteiger partial charge < -0.3 is 16.6 Å². The van der Waals surface area contributed by atoms with Crippen LogP contribution in [-0.4, -0.2) is 55.9 Å². The molecule has 8 aromatic rings. The molecule has 18 nitrogen and oxygen atoms in total. The molecule has 0 unspecified atom stereocenters. The Morgan fingerprint density at radius 1 is 0.579 bits per heavy atom. The number of carboxylic acids is 1. The molecule has 0 aliphatic heterocycles. The number of carbonyl (C=O) groups is 1. The summed E-state index contributed by atoms with van der Waals surface area (Å²) in [6, 6.07) is 11.7. The van der Waals surface area contributed by atoms with Crippen molar-refractivity contribution in [1.82, 2.24) is 35.0 Å². The van der Waals surface area contributed by atoms with Crippen molar-refractivity contribution in [2.45, 2.75) is 21.8 Å². The molecule has 29 heteroatoms. The number of aliphatic carboxylic acids is 1. The molecule has 0 atom stereocenters. The second kappa shape index (κ2) is 23.9. The van der Waals surface area contributed by atoms with Crippen LogP contribution in [0.25, 0.3) is 44.1 Å². The van der Waals surface area contributed by atoms with Gasteiger partial charge in [-0.05, 0) is 120 Å². The third-order valence-corrected chi connectivity index (χ3v) is 12.6. The van der Waals surface area contributed by atoms with Crippen LogP contribution in [0.4, 0.5) is 22.7 Å². The molecule has 0 radical (unpaired) electrons. The summed E-state index contributed by atoms with van der Waals surface area (Å²) in [6.45, 7) is 1.08. The van der Waals surface area contributed by atoms with Gasteiger partial charge in [0, 0.05) is 32.9 Å². The van der Waals surface area contributed by atoms with Crippen LogP contribution < -0.4 is 11.5 Å². The van der Waals surface area contributed by atoms with Crippen molar-refractivity contribution >= 4 is 215 Å². The number of nitrogen functional groups attached to an aromatic ring is 2. The number of carboxylic acid groups (broad SMARTS) is 1. The number of benzene rings is 4. The summed E-state index contributed by atoms with van der Waals surface area (Å²) in [5, 5.41) is 29.2. The van der Waals surface area contributed by atoms with Crippen molar-refractivity contribution in [2.24, 2.45) is 0 Å². The van der Waals surface area contributed by atoms with E-state index in [0.717, 1.165) is 72.4 Å². The molecule has 0 bridgehead atoms. The van der Waals surface area contributed by atoms with Gasteiger partial charge in [-0.15, -0.1) is 0 Å². The first kappa shape index (κ1) is 52.4. The number of anilines is 2. The van der Waals surface area contributed by atoms with Gasteiger partial charge in [-0.25, -0.2) is 0 Å². The van der Waals surface area contributed by atoms with Crippen LogP contribution >= 0.6 is 142 Å². The molecule has 0 aliphatic carbocycles. The number of nitrogens with zero attached hydrogens (tertiary/aromatic N) is 10. The van der Waals surface area contributed by atoms with E-state index in [1.165, 1.54) is 23.5 Å². The van der Waals surface area contributed by atoms with Gasteiger partial charge in [-0.1, -0.05) is 27.0 Å². The van der Waals surface area contributed by atoms with Crippen molar-refractivity contribution in [3.8, 4) is 0 Å². The molecule has 5 N–H and O–H groups in total.